The highest BCUT2D eigenvalue weighted by atomic mass is 16.4. The Hall–Kier alpha value is -0.610. The summed E-state index contributed by atoms with van der Waals surface area (Å²) in [5, 5.41) is 8.82. The number of hydrogen-bond acceptors (Lipinski definition) is 3. The van der Waals surface area contributed by atoms with Gasteiger partial charge in [0.05, 0.1) is 0 Å². The van der Waals surface area contributed by atoms with E-state index in [0.29, 0.717) is 18.5 Å². The van der Waals surface area contributed by atoms with Gasteiger partial charge in [-0.3, -0.25) is 14.6 Å². The lowest BCUT2D eigenvalue weighted by Crippen LogP contribution is -2.42. The predicted octanol–water partition coefficient (Wildman–Crippen LogP) is 1.41. The van der Waals surface area contributed by atoms with Crippen molar-refractivity contribution >= 4 is 5.97 Å². The van der Waals surface area contributed by atoms with Crippen LogP contribution in [0.15, 0.2) is 0 Å². The molecule has 0 radical (unpaired) electrons. The summed E-state index contributed by atoms with van der Waals surface area (Å²) in [7, 11) is 2.15. The minimum absolute atomic E-state index is 0.292. The number of aliphatic carboxylic acids is 1. The van der Waals surface area contributed by atoms with Gasteiger partial charge in [-0.05, 0) is 46.2 Å². The van der Waals surface area contributed by atoms with Crippen molar-refractivity contribution in [2.45, 2.75) is 57.2 Å². The van der Waals surface area contributed by atoms with E-state index in [9.17, 15) is 4.79 Å². The minimum Gasteiger partial charge on any atom is -0.481 e. The van der Waals surface area contributed by atoms with Crippen molar-refractivity contribution in [3.63, 3.8) is 0 Å². The van der Waals surface area contributed by atoms with Gasteiger partial charge in [0.25, 0.3) is 0 Å². The van der Waals surface area contributed by atoms with Crippen molar-refractivity contribution in [1.29, 1.82) is 0 Å². The minimum atomic E-state index is -0.673. The Morgan fingerprint density at radius 3 is 2.65 bits per heavy atom. The molecule has 0 bridgehead atoms. The monoisotopic (exact) mass is 240 g/mol. The lowest BCUT2D eigenvalue weighted by atomic mass is 10.1. The maximum atomic E-state index is 10.7. The summed E-state index contributed by atoms with van der Waals surface area (Å²) >= 11 is 0. The zero-order chi connectivity index (χ0) is 12.4. The highest BCUT2D eigenvalue weighted by Crippen LogP contribution is 2.30. The van der Waals surface area contributed by atoms with Crippen molar-refractivity contribution in [2.24, 2.45) is 0 Å². The van der Waals surface area contributed by atoms with E-state index in [0.717, 1.165) is 19.0 Å². The van der Waals surface area contributed by atoms with Crippen LogP contribution in [0.25, 0.3) is 0 Å². The molecular weight excluding hydrogens is 216 g/mol. The maximum absolute atomic E-state index is 10.7. The third-order valence-electron chi connectivity index (χ3n) is 4.31. The second-order valence-electron chi connectivity index (χ2n) is 5.62. The lowest BCUT2D eigenvalue weighted by Gasteiger charge is -2.31. The summed E-state index contributed by atoms with van der Waals surface area (Å²) in [5.74, 6) is -0.673. The average Bonchev–Trinajstić information content (AvgIpc) is 3.09. The number of nitrogens with zero attached hydrogens (tertiary/aromatic N) is 2. The lowest BCUT2D eigenvalue weighted by molar-refractivity contribution is -0.137. The van der Waals surface area contributed by atoms with Gasteiger partial charge >= 0.3 is 5.97 Å². The van der Waals surface area contributed by atoms with Crippen LogP contribution in [-0.2, 0) is 4.79 Å². The number of carbonyl (C=O) groups is 1. The van der Waals surface area contributed by atoms with Crippen LogP contribution < -0.4 is 0 Å². The summed E-state index contributed by atoms with van der Waals surface area (Å²) in [6.07, 6.45) is 4.95. The average molecular weight is 240 g/mol. The molecule has 2 atom stereocenters. The Morgan fingerprint density at radius 1 is 1.35 bits per heavy atom. The summed E-state index contributed by atoms with van der Waals surface area (Å²) in [4.78, 5) is 15.7. The first-order valence-corrected chi connectivity index (χ1v) is 6.75. The second-order valence-corrected chi connectivity index (χ2v) is 5.62. The molecular formula is C13H24N2O2. The molecule has 0 aromatic rings. The zero-order valence-corrected chi connectivity index (χ0v) is 10.9. The second kappa shape index (κ2) is 5.36. The molecule has 2 unspecified atom stereocenters. The van der Waals surface area contributed by atoms with Gasteiger partial charge in [0, 0.05) is 31.1 Å². The Bertz CT molecular complexity index is 279. The highest BCUT2D eigenvalue weighted by molar-refractivity contribution is 5.66. The van der Waals surface area contributed by atoms with E-state index >= 15 is 0 Å². The topological polar surface area (TPSA) is 43.8 Å². The molecule has 1 saturated heterocycles. The Balaban J connectivity index is 1.95. The van der Waals surface area contributed by atoms with Crippen LogP contribution in [0.4, 0.5) is 0 Å². The molecule has 17 heavy (non-hydrogen) atoms. The molecule has 0 spiro atoms. The van der Waals surface area contributed by atoms with E-state index in [1.807, 2.05) is 0 Å². The molecule has 1 N–H and O–H groups in total. The quantitative estimate of drug-likeness (QED) is 0.807. The van der Waals surface area contributed by atoms with E-state index < -0.39 is 5.97 Å². The predicted molar refractivity (Wildman–Crippen MR) is 67.1 cm³/mol. The third kappa shape index (κ3) is 3.42. The van der Waals surface area contributed by atoms with Gasteiger partial charge in [-0.15, -0.1) is 0 Å². The number of likely N-dealkylation sites (N-methyl/N-ethyl adjacent to an activating group) is 1. The van der Waals surface area contributed by atoms with Gasteiger partial charge in [0.2, 0.25) is 0 Å². The van der Waals surface area contributed by atoms with E-state index in [1.165, 1.54) is 25.8 Å². The Morgan fingerprint density at radius 2 is 2.06 bits per heavy atom. The number of rotatable bonds is 4. The first-order valence-electron chi connectivity index (χ1n) is 6.75. The molecule has 0 aromatic carbocycles. The van der Waals surface area contributed by atoms with Gasteiger partial charge in [-0.2, -0.15) is 0 Å². The number of hydrogen-bond donors (Lipinski definition) is 1. The summed E-state index contributed by atoms with van der Waals surface area (Å²) in [6, 6.07) is 1.77. The van der Waals surface area contributed by atoms with Crippen LogP contribution in [0.5, 0.6) is 0 Å². The molecule has 4 nitrogen and oxygen atoms in total. The summed E-state index contributed by atoms with van der Waals surface area (Å²) < 4.78 is 0. The molecule has 2 fully saturated rings. The van der Waals surface area contributed by atoms with E-state index in [-0.39, 0.29) is 0 Å². The number of carboxylic acid groups (broad SMARTS) is 1. The normalized spacial score (nSPS) is 32.4. The maximum Gasteiger partial charge on any atom is 0.303 e. The largest absolute Gasteiger partial charge is 0.481 e. The fourth-order valence-corrected chi connectivity index (χ4v) is 2.76. The van der Waals surface area contributed by atoms with Crippen molar-refractivity contribution in [3.8, 4) is 0 Å². The van der Waals surface area contributed by atoms with Crippen LogP contribution in [0.2, 0.25) is 0 Å². The smallest absolute Gasteiger partial charge is 0.303 e. The van der Waals surface area contributed by atoms with Gasteiger partial charge < -0.3 is 5.11 Å². The van der Waals surface area contributed by atoms with E-state index in [4.69, 9.17) is 5.11 Å². The third-order valence-corrected chi connectivity index (χ3v) is 4.31. The first kappa shape index (κ1) is 12.8. The molecule has 1 heterocycles. The van der Waals surface area contributed by atoms with Crippen LogP contribution >= 0.6 is 0 Å². The van der Waals surface area contributed by atoms with Crippen LogP contribution in [0.1, 0.15) is 39.0 Å². The molecule has 0 aromatic heterocycles. The van der Waals surface area contributed by atoms with Crippen LogP contribution in [0.3, 0.4) is 0 Å². The van der Waals surface area contributed by atoms with Crippen LogP contribution in [0, 0.1) is 0 Å². The molecule has 0 amide bonds. The molecule has 1 aliphatic heterocycles. The molecule has 1 saturated carbocycles. The van der Waals surface area contributed by atoms with Gasteiger partial charge in [0.15, 0.2) is 0 Å². The molecule has 98 valence electrons. The van der Waals surface area contributed by atoms with Gasteiger partial charge in [0.1, 0.15) is 0 Å². The van der Waals surface area contributed by atoms with Crippen molar-refractivity contribution in [1.82, 2.24) is 9.80 Å². The van der Waals surface area contributed by atoms with Crippen molar-refractivity contribution in [3.05, 3.63) is 0 Å². The molecule has 1 aliphatic carbocycles. The fraction of sp³-hybridized carbons (Fsp3) is 0.923. The summed E-state index contributed by atoms with van der Waals surface area (Å²) in [5.41, 5.74) is 0. The molecule has 2 aliphatic rings. The van der Waals surface area contributed by atoms with E-state index in [1.54, 1.807) is 0 Å². The molecule has 4 heteroatoms. The Kier molecular flexibility index (Phi) is 4.05. The zero-order valence-electron chi connectivity index (χ0n) is 10.9. The van der Waals surface area contributed by atoms with E-state index in [2.05, 4.69) is 23.8 Å². The Labute approximate surface area is 104 Å². The van der Waals surface area contributed by atoms with Gasteiger partial charge in [-0.1, -0.05) is 0 Å². The molecule has 2 rings (SSSR count). The highest BCUT2D eigenvalue weighted by Gasteiger charge is 2.34. The standard InChI is InChI=1S/C13H24N2O2/c1-10-7-8-15(11-3-4-11)9-12(14(10)2)5-6-13(16)17/h10-12H,3-9H2,1-2H3,(H,16,17). The fourth-order valence-electron chi connectivity index (χ4n) is 2.76. The summed E-state index contributed by atoms with van der Waals surface area (Å²) in [6.45, 7) is 4.49. The first-order chi connectivity index (χ1) is 8.08. The number of carboxylic acids is 1. The SMILES string of the molecule is CC1CCN(C2CC2)CC(CCC(=O)O)N1C. The van der Waals surface area contributed by atoms with Crippen molar-refractivity contribution in [2.75, 3.05) is 20.1 Å². The van der Waals surface area contributed by atoms with Crippen LogP contribution in [-0.4, -0.2) is 59.1 Å². The van der Waals surface area contributed by atoms with Crippen molar-refractivity contribution < 1.29 is 9.90 Å². The van der Waals surface area contributed by atoms with Gasteiger partial charge in [-0.25, -0.2) is 0 Å².